The smallest absolute Gasteiger partial charge is 0.293 e. The minimum Gasteiger partial charge on any atom is -0.462 e. The molecule has 0 spiro atoms. The highest BCUT2D eigenvalue weighted by Crippen LogP contribution is 2.43. The topological polar surface area (TPSA) is 55.6 Å². The Bertz CT molecular complexity index is 226. The van der Waals surface area contributed by atoms with Crippen molar-refractivity contribution in [2.45, 2.75) is 45.3 Å². The fraction of sp³-hybridized carbons (Fsp3) is 0.917. The molecule has 2 rings (SSSR count). The van der Waals surface area contributed by atoms with Crippen molar-refractivity contribution in [2.24, 2.45) is 11.7 Å². The molecule has 4 nitrogen and oxygen atoms in total. The molecule has 16 heavy (non-hydrogen) atoms. The third-order valence-electron chi connectivity index (χ3n) is 2.96. The van der Waals surface area contributed by atoms with Crippen LogP contribution in [0.5, 0.6) is 0 Å². The Balaban J connectivity index is 0.000000168. The van der Waals surface area contributed by atoms with Crippen LogP contribution in [0, 0.1) is 5.92 Å². The standard InChI is InChI=1S/C7H14N2.C5H10O2/c8-2-4-9-3-1-6-5-7(6)9;1-5(2,3)7-4-6/h6-7H,1-5,8H2;4H,1-3H3. The summed E-state index contributed by atoms with van der Waals surface area (Å²) in [5, 5.41) is 0. The Morgan fingerprint density at radius 1 is 1.50 bits per heavy atom. The molecule has 2 N–H and O–H groups in total. The van der Waals surface area contributed by atoms with Crippen LogP contribution in [0.3, 0.4) is 0 Å². The van der Waals surface area contributed by atoms with E-state index in [2.05, 4.69) is 9.64 Å². The summed E-state index contributed by atoms with van der Waals surface area (Å²) in [6, 6.07) is 0.952. The number of piperidine rings is 1. The van der Waals surface area contributed by atoms with Crippen LogP contribution in [0.1, 0.15) is 33.6 Å². The number of nitrogens with two attached hydrogens (primary N) is 1. The van der Waals surface area contributed by atoms with Gasteiger partial charge in [-0.25, -0.2) is 0 Å². The van der Waals surface area contributed by atoms with Crippen LogP contribution < -0.4 is 5.73 Å². The first-order valence-electron chi connectivity index (χ1n) is 6.03. The first-order valence-corrected chi connectivity index (χ1v) is 6.03. The molecule has 2 fully saturated rings. The maximum Gasteiger partial charge on any atom is 0.293 e. The molecule has 1 aliphatic heterocycles. The van der Waals surface area contributed by atoms with Gasteiger partial charge in [0.2, 0.25) is 0 Å². The van der Waals surface area contributed by atoms with E-state index < -0.39 is 0 Å². The van der Waals surface area contributed by atoms with Crippen molar-refractivity contribution in [3.63, 3.8) is 0 Å². The fourth-order valence-corrected chi connectivity index (χ4v) is 2.07. The molecule has 0 aromatic heterocycles. The molecule has 94 valence electrons. The van der Waals surface area contributed by atoms with Gasteiger partial charge in [0.25, 0.3) is 6.47 Å². The van der Waals surface area contributed by atoms with Crippen molar-refractivity contribution >= 4 is 6.47 Å². The number of hydrogen-bond acceptors (Lipinski definition) is 4. The number of carbonyl (C=O) groups excluding carboxylic acids is 1. The van der Waals surface area contributed by atoms with Crippen LogP contribution in [0.2, 0.25) is 0 Å². The highest BCUT2D eigenvalue weighted by Gasteiger charge is 2.45. The van der Waals surface area contributed by atoms with Crippen LogP contribution >= 0.6 is 0 Å². The Kier molecular flexibility index (Phi) is 4.74. The summed E-state index contributed by atoms with van der Waals surface area (Å²) in [6.07, 6.45) is 2.89. The molecule has 2 aliphatic rings. The maximum absolute atomic E-state index is 9.60. The quantitative estimate of drug-likeness (QED) is 0.732. The number of rotatable bonds is 3. The number of carbonyl (C=O) groups is 1. The van der Waals surface area contributed by atoms with Gasteiger partial charge in [-0.3, -0.25) is 9.69 Å². The van der Waals surface area contributed by atoms with E-state index in [0.29, 0.717) is 6.47 Å². The van der Waals surface area contributed by atoms with E-state index in [1.54, 1.807) is 0 Å². The molecule has 0 radical (unpaired) electrons. The molecule has 1 saturated carbocycles. The monoisotopic (exact) mass is 228 g/mol. The fourth-order valence-electron chi connectivity index (χ4n) is 2.07. The van der Waals surface area contributed by atoms with Gasteiger partial charge in [-0.2, -0.15) is 0 Å². The van der Waals surface area contributed by atoms with E-state index in [0.717, 1.165) is 25.0 Å². The van der Waals surface area contributed by atoms with Crippen LogP contribution in [0.15, 0.2) is 0 Å². The summed E-state index contributed by atoms with van der Waals surface area (Å²) >= 11 is 0. The second-order valence-corrected chi connectivity index (χ2v) is 5.50. The molecule has 1 aliphatic carbocycles. The lowest BCUT2D eigenvalue weighted by molar-refractivity contribution is -0.138. The highest BCUT2D eigenvalue weighted by molar-refractivity contribution is 5.37. The van der Waals surface area contributed by atoms with Crippen molar-refractivity contribution in [3.05, 3.63) is 0 Å². The molecule has 2 atom stereocenters. The van der Waals surface area contributed by atoms with Crippen molar-refractivity contribution in [3.8, 4) is 0 Å². The zero-order valence-electron chi connectivity index (χ0n) is 10.6. The predicted octanol–water partition coefficient (Wildman–Crippen LogP) is 0.997. The van der Waals surface area contributed by atoms with Crippen LogP contribution in [0.25, 0.3) is 0 Å². The van der Waals surface area contributed by atoms with Gasteiger partial charge in [0.15, 0.2) is 0 Å². The summed E-state index contributed by atoms with van der Waals surface area (Å²) in [5.74, 6) is 1.07. The van der Waals surface area contributed by atoms with Crippen molar-refractivity contribution in [2.75, 3.05) is 19.6 Å². The predicted molar refractivity (Wildman–Crippen MR) is 64.0 cm³/mol. The first-order chi connectivity index (χ1) is 7.48. The minimum atomic E-state index is -0.318. The molecule has 1 heterocycles. The maximum atomic E-state index is 9.60. The number of likely N-dealkylation sites (tertiary alicyclic amines) is 1. The van der Waals surface area contributed by atoms with Gasteiger partial charge in [0.1, 0.15) is 5.60 Å². The second-order valence-electron chi connectivity index (χ2n) is 5.50. The Hall–Kier alpha value is -0.610. The van der Waals surface area contributed by atoms with Gasteiger partial charge in [-0.05, 0) is 46.1 Å². The number of ether oxygens (including phenoxy) is 1. The third kappa shape index (κ3) is 4.49. The average Bonchev–Trinajstić information content (AvgIpc) is 2.83. The summed E-state index contributed by atoms with van der Waals surface area (Å²) in [7, 11) is 0. The van der Waals surface area contributed by atoms with Crippen molar-refractivity contribution < 1.29 is 9.53 Å². The minimum absolute atomic E-state index is 0.318. The van der Waals surface area contributed by atoms with Gasteiger partial charge in [-0.15, -0.1) is 0 Å². The van der Waals surface area contributed by atoms with E-state index in [1.165, 1.54) is 19.4 Å². The molecule has 0 amide bonds. The largest absolute Gasteiger partial charge is 0.462 e. The average molecular weight is 228 g/mol. The zero-order valence-corrected chi connectivity index (χ0v) is 10.6. The normalized spacial score (nSPS) is 27.8. The summed E-state index contributed by atoms with van der Waals surface area (Å²) < 4.78 is 4.55. The van der Waals surface area contributed by atoms with E-state index in [9.17, 15) is 4.79 Å². The van der Waals surface area contributed by atoms with Gasteiger partial charge < -0.3 is 10.5 Å². The van der Waals surface area contributed by atoms with Crippen LogP contribution in [-0.2, 0) is 9.53 Å². The molecule has 1 saturated heterocycles. The van der Waals surface area contributed by atoms with Crippen molar-refractivity contribution in [1.29, 1.82) is 0 Å². The molecule has 0 bridgehead atoms. The Morgan fingerprint density at radius 2 is 2.19 bits per heavy atom. The van der Waals surface area contributed by atoms with Gasteiger partial charge >= 0.3 is 0 Å². The lowest BCUT2D eigenvalue weighted by atomic mass is 10.2. The van der Waals surface area contributed by atoms with Crippen LogP contribution in [0.4, 0.5) is 0 Å². The third-order valence-corrected chi connectivity index (χ3v) is 2.96. The van der Waals surface area contributed by atoms with E-state index in [-0.39, 0.29) is 5.60 Å². The van der Waals surface area contributed by atoms with Gasteiger partial charge in [-0.1, -0.05) is 0 Å². The number of hydrogen-bond donors (Lipinski definition) is 1. The van der Waals surface area contributed by atoms with E-state index in [4.69, 9.17) is 5.73 Å². The molecule has 0 aromatic carbocycles. The van der Waals surface area contributed by atoms with Gasteiger partial charge in [0.05, 0.1) is 0 Å². The SMILES string of the molecule is CC(C)(C)OC=O.NCCN1CCC2CC21. The van der Waals surface area contributed by atoms with Crippen LogP contribution in [-0.4, -0.2) is 42.6 Å². The summed E-state index contributed by atoms with van der Waals surface area (Å²) in [4.78, 5) is 12.1. The number of fused-ring (bicyclic) bond motifs is 1. The zero-order chi connectivity index (χ0) is 12.2. The Labute approximate surface area is 98.1 Å². The van der Waals surface area contributed by atoms with Crippen molar-refractivity contribution in [1.82, 2.24) is 4.90 Å². The van der Waals surface area contributed by atoms with Gasteiger partial charge in [0, 0.05) is 19.1 Å². The number of nitrogens with zero attached hydrogens (tertiary/aromatic N) is 1. The molecular formula is C12H24N2O2. The molecule has 2 unspecified atom stereocenters. The summed E-state index contributed by atoms with van der Waals surface area (Å²) in [5.41, 5.74) is 5.13. The Morgan fingerprint density at radius 3 is 2.44 bits per heavy atom. The second kappa shape index (κ2) is 5.64. The summed E-state index contributed by atoms with van der Waals surface area (Å²) in [6.45, 7) is 9.20. The first kappa shape index (κ1) is 13.5. The van der Waals surface area contributed by atoms with E-state index >= 15 is 0 Å². The lowest BCUT2D eigenvalue weighted by Crippen LogP contribution is -2.29. The highest BCUT2D eigenvalue weighted by atomic mass is 16.5. The molecular weight excluding hydrogens is 204 g/mol. The molecule has 4 heteroatoms. The van der Waals surface area contributed by atoms with E-state index in [1.807, 2.05) is 20.8 Å². The molecule has 0 aromatic rings. The lowest BCUT2D eigenvalue weighted by Gasteiger charge is -2.14.